The molecule has 0 unspecified atom stereocenters. The number of ether oxygens (including phenoxy) is 2. The first-order chi connectivity index (χ1) is 15.0. The lowest BCUT2D eigenvalue weighted by atomic mass is 10.3. The molecule has 1 aliphatic rings. The largest absolute Gasteiger partial charge is 0.490 e. The number of sulfonamides is 1. The topological polar surface area (TPSA) is 106 Å². The lowest BCUT2D eigenvalue weighted by Crippen LogP contribution is -2.21. The molecular weight excluding hydrogens is 418 g/mol. The third kappa shape index (κ3) is 5.07. The Balaban J connectivity index is 1.53. The van der Waals surface area contributed by atoms with Crippen LogP contribution >= 0.6 is 0 Å². The molecule has 3 aromatic carbocycles. The fraction of sp³-hybridized carbons (Fsp3) is 0.136. The number of anilines is 3. The van der Waals surface area contributed by atoms with Crippen molar-refractivity contribution < 1.29 is 22.7 Å². The van der Waals surface area contributed by atoms with Gasteiger partial charge in [-0.05, 0) is 36.4 Å². The zero-order valence-corrected chi connectivity index (χ0v) is 17.3. The predicted octanol–water partition coefficient (Wildman–Crippen LogP) is 4.29. The third-order valence-electron chi connectivity index (χ3n) is 4.48. The molecule has 0 saturated heterocycles. The standard InChI is InChI=1S/C22H21N3O5S/c26-22(23-16-7-2-1-3-8-16)24-18-9-4-5-10-19(18)25-31(27,28)17-11-12-20-21(15-17)30-14-6-13-29-20/h1-5,7-12,15,25H,6,13-14H2,(H2,23,24,26). The first-order valence-electron chi connectivity index (χ1n) is 9.66. The Labute approximate surface area is 180 Å². The monoisotopic (exact) mass is 439 g/mol. The second-order valence-electron chi connectivity index (χ2n) is 6.76. The lowest BCUT2D eigenvalue weighted by Gasteiger charge is -2.15. The van der Waals surface area contributed by atoms with Crippen molar-refractivity contribution >= 4 is 33.1 Å². The Bertz CT molecular complexity index is 1180. The number of fused-ring (bicyclic) bond motifs is 1. The quantitative estimate of drug-likeness (QED) is 0.550. The second kappa shape index (κ2) is 8.97. The van der Waals surface area contributed by atoms with E-state index in [0.717, 1.165) is 6.42 Å². The van der Waals surface area contributed by atoms with E-state index in [2.05, 4.69) is 15.4 Å². The minimum atomic E-state index is -3.93. The molecule has 0 bridgehead atoms. The van der Waals surface area contributed by atoms with Gasteiger partial charge in [-0.25, -0.2) is 13.2 Å². The van der Waals surface area contributed by atoms with Crippen LogP contribution in [0.15, 0.2) is 77.7 Å². The Kier molecular flexibility index (Phi) is 5.94. The highest BCUT2D eigenvalue weighted by molar-refractivity contribution is 7.92. The summed E-state index contributed by atoms with van der Waals surface area (Å²) in [5, 5.41) is 5.36. The molecule has 1 aliphatic heterocycles. The van der Waals surface area contributed by atoms with Crippen LogP contribution in [0.1, 0.15) is 6.42 Å². The Morgan fingerprint density at radius 1 is 0.774 bits per heavy atom. The highest BCUT2D eigenvalue weighted by Crippen LogP contribution is 2.33. The number of urea groups is 1. The summed E-state index contributed by atoms with van der Waals surface area (Å²) in [5.74, 6) is 0.894. The van der Waals surface area contributed by atoms with Crippen LogP contribution < -0.4 is 24.8 Å². The molecule has 160 valence electrons. The van der Waals surface area contributed by atoms with Crippen molar-refractivity contribution in [2.24, 2.45) is 0 Å². The zero-order valence-electron chi connectivity index (χ0n) is 16.5. The van der Waals surface area contributed by atoms with Crippen molar-refractivity contribution in [2.75, 3.05) is 28.6 Å². The smallest absolute Gasteiger partial charge is 0.323 e. The van der Waals surface area contributed by atoms with Gasteiger partial charge in [-0.3, -0.25) is 4.72 Å². The molecule has 0 radical (unpaired) electrons. The van der Waals surface area contributed by atoms with Crippen molar-refractivity contribution in [1.29, 1.82) is 0 Å². The summed E-state index contributed by atoms with van der Waals surface area (Å²) in [5.41, 5.74) is 1.16. The molecule has 1 heterocycles. The fourth-order valence-corrected chi connectivity index (χ4v) is 4.10. The zero-order chi connectivity index (χ0) is 21.7. The van der Waals surface area contributed by atoms with Crippen LogP contribution in [-0.4, -0.2) is 27.7 Å². The molecule has 0 aromatic heterocycles. The summed E-state index contributed by atoms with van der Waals surface area (Å²) in [4.78, 5) is 12.4. The number of nitrogens with one attached hydrogen (secondary N) is 3. The SMILES string of the molecule is O=C(Nc1ccccc1)Nc1ccccc1NS(=O)(=O)c1ccc2c(c1)OCCCO2. The van der Waals surface area contributed by atoms with Gasteiger partial charge in [-0.1, -0.05) is 30.3 Å². The number of amides is 2. The van der Waals surface area contributed by atoms with Crippen LogP contribution in [0, 0.1) is 0 Å². The number of rotatable bonds is 5. The van der Waals surface area contributed by atoms with E-state index in [0.29, 0.717) is 36.1 Å². The molecule has 0 saturated carbocycles. The number of hydrogen-bond donors (Lipinski definition) is 3. The van der Waals surface area contributed by atoms with E-state index >= 15 is 0 Å². The fourth-order valence-electron chi connectivity index (χ4n) is 3.00. The second-order valence-corrected chi connectivity index (χ2v) is 8.44. The van der Waals surface area contributed by atoms with E-state index in [4.69, 9.17) is 9.47 Å². The maximum atomic E-state index is 13.0. The van der Waals surface area contributed by atoms with Crippen LogP contribution in [-0.2, 0) is 10.0 Å². The van der Waals surface area contributed by atoms with Gasteiger partial charge in [0.2, 0.25) is 0 Å². The van der Waals surface area contributed by atoms with E-state index in [1.165, 1.54) is 12.1 Å². The van der Waals surface area contributed by atoms with Crippen LogP contribution in [0.5, 0.6) is 11.5 Å². The summed E-state index contributed by atoms with van der Waals surface area (Å²) in [6.07, 6.45) is 0.721. The molecule has 0 fully saturated rings. The first-order valence-corrected chi connectivity index (χ1v) is 11.1. The van der Waals surface area contributed by atoms with Gasteiger partial charge in [-0.15, -0.1) is 0 Å². The molecular formula is C22H21N3O5S. The van der Waals surface area contributed by atoms with Gasteiger partial charge in [0, 0.05) is 18.2 Å². The van der Waals surface area contributed by atoms with Crippen molar-refractivity contribution in [3.8, 4) is 11.5 Å². The van der Waals surface area contributed by atoms with Gasteiger partial charge in [-0.2, -0.15) is 0 Å². The Hall–Kier alpha value is -3.72. The predicted molar refractivity (Wildman–Crippen MR) is 118 cm³/mol. The highest BCUT2D eigenvalue weighted by Gasteiger charge is 2.20. The minimum Gasteiger partial charge on any atom is -0.490 e. The van der Waals surface area contributed by atoms with Crippen molar-refractivity contribution in [3.63, 3.8) is 0 Å². The average molecular weight is 439 g/mol. The average Bonchev–Trinajstić information content (AvgIpc) is 3.00. The van der Waals surface area contributed by atoms with Gasteiger partial charge >= 0.3 is 6.03 Å². The van der Waals surface area contributed by atoms with Crippen LogP contribution in [0.25, 0.3) is 0 Å². The summed E-state index contributed by atoms with van der Waals surface area (Å²) < 4.78 is 39.6. The summed E-state index contributed by atoms with van der Waals surface area (Å²) in [7, 11) is -3.93. The maximum absolute atomic E-state index is 13.0. The minimum absolute atomic E-state index is 0.0280. The lowest BCUT2D eigenvalue weighted by molar-refractivity contribution is 0.262. The van der Waals surface area contributed by atoms with E-state index in [-0.39, 0.29) is 10.6 Å². The molecule has 9 heteroatoms. The van der Waals surface area contributed by atoms with Crippen LogP contribution in [0.3, 0.4) is 0 Å². The van der Waals surface area contributed by atoms with E-state index < -0.39 is 16.1 Å². The third-order valence-corrected chi connectivity index (χ3v) is 5.84. The van der Waals surface area contributed by atoms with Crippen LogP contribution in [0.2, 0.25) is 0 Å². The normalized spacial score (nSPS) is 13.0. The van der Waals surface area contributed by atoms with E-state index in [9.17, 15) is 13.2 Å². The van der Waals surface area contributed by atoms with Crippen molar-refractivity contribution in [1.82, 2.24) is 0 Å². The number of benzene rings is 3. The summed E-state index contributed by atoms with van der Waals surface area (Å²) in [6, 6.07) is 19.4. The first kappa shape index (κ1) is 20.5. The molecule has 8 nitrogen and oxygen atoms in total. The number of para-hydroxylation sites is 3. The summed E-state index contributed by atoms with van der Waals surface area (Å²) >= 11 is 0. The molecule has 31 heavy (non-hydrogen) atoms. The van der Waals surface area contributed by atoms with Gasteiger partial charge in [0.1, 0.15) is 0 Å². The number of hydrogen-bond acceptors (Lipinski definition) is 5. The van der Waals surface area contributed by atoms with Crippen molar-refractivity contribution in [2.45, 2.75) is 11.3 Å². The number of carbonyl (C=O) groups is 1. The Morgan fingerprint density at radius 3 is 2.23 bits per heavy atom. The van der Waals surface area contributed by atoms with Gasteiger partial charge in [0.25, 0.3) is 10.0 Å². The molecule has 0 atom stereocenters. The van der Waals surface area contributed by atoms with E-state index in [1.54, 1.807) is 54.6 Å². The molecule has 4 rings (SSSR count). The number of carbonyl (C=O) groups excluding carboxylic acids is 1. The van der Waals surface area contributed by atoms with Gasteiger partial charge in [0.05, 0.1) is 29.5 Å². The van der Waals surface area contributed by atoms with Crippen LogP contribution in [0.4, 0.5) is 21.9 Å². The Morgan fingerprint density at radius 2 is 1.45 bits per heavy atom. The molecule has 3 aromatic rings. The van der Waals surface area contributed by atoms with Gasteiger partial charge in [0.15, 0.2) is 11.5 Å². The molecule has 0 spiro atoms. The highest BCUT2D eigenvalue weighted by atomic mass is 32.2. The van der Waals surface area contributed by atoms with Gasteiger partial charge < -0.3 is 20.1 Å². The summed E-state index contributed by atoms with van der Waals surface area (Å²) in [6.45, 7) is 0.967. The molecule has 2 amide bonds. The van der Waals surface area contributed by atoms with Crippen molar-refractivity contribution in [3.05, 3.63) is 72.8 Å². The molecule has 3 N–H and O–H groups in total. The molecule has 0 aliphatic carbocycles. The van der Waals surface area contributed by atoms with E-state index in [1.807, 2.05) is 6.07 Å². The maximum Gasteiger partial charge on any atom is 0.323 e.